The first-order chi connectivity index (χ1) is 29.3. The van der Waals surface area contributed by atoms with Crippen molar-refractivity contribution in [1.82, 2.24) is 0 Å². The zero-order valence-corrected chi connectivity index (χ0v) is 38.3. The van der Waals surface area contributed by atoms with E-state index in [1.54, 1.807) is 0 Å². The second-order valence-electron chi connectivity index (χ2n) is 13.0. The van der Waals surface area contributed by atoms with Crippen molar-refractivity contribution < 1.29 is 26.3 Å². The summed E-state index contributed by atoms with van der Waals surface area (Å²) in [6.45, 7) is 2.00. The molecule has 0 aliphatic heterocycles. The molecule has 9 rings (SSSR count). The first-order valence-corrected chi connectivity index (χ1v) is 23.5. The Balaban J connectivity index is 0.000000194. The minimum atomic E-state index is -0.446. The van der Waals surface area contributed by atoms with Crippen molar-refractivity contribution in [3.63, 3.8) is 0 Å². The first-order valence-electron chi connectivity index (χ1n) is 19.5. The number of carbonyl (C=O) groups is 1. The van der Waals surface area contributed by atoms with Crippen LogP contribution in [0, 0.1) is 0 Å². The summed E-state index contributed by atoms with van der Waals surface area (Å²) in [6, 6.07) is 97.0. The van der Waals surface area contributed by atoms with Gasteiger partial charge in [0, 0.05) is 20.1 Å². The third-order valence-corrected chi connectivity index (χ3v) is 16.5. The van der Waals surface area contributed by atoms with Crippen LogP contribution in [-0.4, -0.2) is 6.79 Å². The van der Waals surface area contributed by atoms with Crippen LogP contribution in [0.4, 0.5) is 0 Å². The van der Waals surface area contributed by atoms with Gasteiger partial charge in [-0.3, -0.25) is 0 Å². The Kier molecular flexibility index (Phi) is 19.7. The standard InChI is InChI=1S/3C18H15P.CH2O.Ir.H/c3*1-4-10-16(11-5-1)19(17-12-6-2-7-13-17)18-14-8-3-9-15-18;1-2;;/h3*1-15H;1H2;;/q;;;;;-1. The van der Waals surface area contributed by atoms with E-state index in [2.05, 4.69) is 273 Å². The average Bonchev–Trinajstić information content (AvgIpc) is 3.34. The Morgan fingerprint density at radius 2 is 0.283 bits per heavy atom. The van der Waals surface area contributed by atoms with Gasteiger partial charge in [0.1, 0.15) is 6.79 Å². The molecule has 0 fully saturated rings. The van der Waals surface area contributed by atoms with E-state index >= 15 is 0 Å². The predicted octanol–water partition coefficient (Wildman–Crippen LogP) is 10.3. The Morgan fingerprint density at radius 3 is 0.367 bits per heavy atom. The third-order valence-electron chi connectivity index (χ3n) is 9.13. The van der Waals surface area contributed by atoms with Crippen molar-refractivity contribution in [2.75, 3.05) is 0 Å². The van der Waals surface area contributed by atoms with Crippen molar-refractivity contribution in [3.8, 4) is 0 Å². The Bertz CT molecular complexity index is 1890. The molecule has 0 bridgehead atoms. The van der Waals surface area contributed by atoms with Gasteiger partial charge in [-0.05, 0) is 71.5 Å². The summed E-state index contributed by atoms with van der Waals surface area (Å²) in [5.41, 5.74) is 0. The third kappa shape index (κ3) is 13.3. The van der Waals surface area contributed by atoms with Crippen LogP contribution in [0.15, 0.2) is 273 Å². The quantitative estimate of drug-likeness (QED) is 0.132. The van der Waals surface area contributed by atoms with Gasteiger partial charge in [-0.1, -0.05) is 273 Å². The normalized spacial score (nSPS) is 10.1. The van der Waals surface area contributed by atoms with Gasteiger partial charge in [-0.2, -0.15) is 0 Å². The fraction of sp³-hybridized carbons (Fsp3) is 0. The van der Waals surface area contributed by atoms with Crippen LogP contribution in [0.5, 0.6) is 0 Å². The molecule has 0 aromatic heterocycles. The van der Waals surface area contributed by atoms with Crippen molar-refractivity contribution in [2.24, 2.45) is 0 Å². The molecule has 0 heterocycles. The Morgan fingerprint density at radius 1 is 0.200 bits per heavy atom. The monoisotopic (exact) mass is 1010 g/mol. The molecule has 9 aromatic carbocycles. The summed E-state index contributed by atoms with van der Waals surface area (Å²) < 4.78 is 0. The fourth-order valence-electron chi connectivity index (χ4n) is 6.54. The molecule has 0 spiro atoms. The summed E-state index contributed by atoms with van der Waals surface area (Å²) >= 11 is 0. The largest absolute Gasteiger partial charge is 1.00 e. The first kappa shape index (κ1) is 45.7. The maximum atomic E-state index is 8.00. The summed E-state index contributed by atoms with van der Waals surface area (Å²) in [5, 5.41) is 12.6. The van der Waals surface area contributed by atoms with E-state index in [1.165, 1.54) is 47.7 Å². The van der Waals surface area contributed by atoms with E-state index < -0.39 is 23.8 Å². The van der Waals surface area contributed by atoms with Gasteiger partial charge in [0.15, 0.2) is 0 Å². The van der Waals surface area contributed by atoms with E-state index in [0.717, 1.165) is 0 Å². The van der Waals surface area contributed by atoms with E-state index in [4.69, 9.17) is 4.79 Å². The van der Waals surface area contributed by atoms with E-state index in [1.807, 2.05) is 6.79 Å². The van der Waals surface area contributed by atoms with Crippen LogP contribution in [0.3, 0.4) is 0 Å². The molecule has 1 radical (unpaired) electrons. The molecule has 1 nitrogen and oxygen atoms in total. The molecular formula is C55H48IrOP3-. The van der Waals surface area contributed by atoms with Crippen LogP contribution in [-0.2, 0) is 24.9 Å². The second-order valence-corrected chi connectivity index (χ2v) is 19.7. The molecule has 0 saturated carbocycles. The summed E-state index contributed by atoms with van der Waals surface area (Å²) in [6.07, 6.45) is 0. The zero-order valence-electron chi connectivity index (χ0n) is 34.3. The number of hydrogen-bond acceptors (Lipinski definition) is 1. The van der Waals surface area contributed by atoms with Crippen LogP contribution >= 0.6 is 23.8 Å². The number of carbonyl (C=O) groups excluding carboxylic acids is 1. The maximum absolute atomic E-state index is 8.00. The van der Waals surface area contributed by atoms with Gasteiger partial charge in [-0.15, -0.1) is 0 Å². The Hall–Kier alpha value is -5.41. The van der Waals surface area contributed by atoms with Crippen LogP contribution in [0.1, 0.15) is 1.43 Å². The molecule has 60 heavy (non-hydrogen) atoms. The SMILES string of the molecule is C=O.[H-].[Ir].c1ccc(P(c2ccccc2)c2ccccc2)cc1.c1ccc(P(c2ccccc2)c2ccccc2)cc1.c1ccc(P(c2ccccc2)c2ccccc2)cc1. The van der Waals surface area contributed by atoms with Crippen molar-refractivity contribution in [1.29, 1.82) is 0 Å². The summed E-state index contributed by atoms with van der Waals surface area (Å²) in [4.78, 5) is 8.00. The molecular weight excluding hydrogens is 962 g/mol. The van der Waals surface area contributed by atoms with Gasteiger partial charge in [-0.25, -0.2) is 0 Å². The van der Waals surface area contributed by atoms with E-state index in [-0.39, 0.29) is 21.5 Å². The molecule has 5 heteroatoms. The van der Waals surface area contributed by atoms with Gasteiger partial charge in [0.05, 0.1) is 0 Å². The topological polar surface area (TPSA) is 17.1 Å². The number of hydrogen-bond donors (Lipinski definition) is 0. The number of benzene rings is 9. The minimum Gasteiger partial charge on any atom is -1.00 e. The number of rotatable bonds is 9. The summed E-state index contributed by atoms with van der Waals surface area (Å²) in [5.74, 6) is 0. The van der Waals surface area contributed by atoms with E-state index in [0.29, 0.717) is 0 Å². The molecule has 0 N–H and O–H groups in total. The van der Waals surface area contributed by atoms with Gasteiger partial charge < -0.3 is 6.22 Å². The molecule has 0 aliphatic rings. The molecule has 0 amide bonds. The van der Waals surface area contributed by atoms with Crippen molar-refractivity contribution >= 4 is 78.3 Å². The van der Waals surface area contributed by atoms with Crippen LogP contribution in [0.25, 0.3) is 0 Å². The predicted molar refractivity (Wildman–Crippen MR) is 264 cm³/mol. The fourth-order valence-corrected chi connectivity index (χ4v) is 13.5. The van der Waals surface area contributed by atoms with Gasteiger partial charge in [0.25, 0.3) is 0 Å². The average molecular weight is 1010 g/mol. The molecule has 0 atom stereocenters. The van der Waals surface area contributed by atoms with Gasteiger partial charge >= 0.3 is 0 Å². The second kappa shape index (κ2) is 25.9. The van der Waals surface area contributed by atoms with Gasteiger partial charge in [0.2, 0.25) is 0 Å². The molecule has 9 aromatic rings. The van der Waals surface area contributed by atoms with Crippen molar-refractivity contribution in [3.05, 3.63) is 273 Å². The molecule has 299 valence electrons. The van der Waals surface area contributed by atoms with Crippen molar-refractivity contribution in [2.45, 2.75) is 0 Å². The maximum Gasteiger partial charge on any atom is 0.106 e. The smallest absolute Gasteiger partial charge is 0.106 e. The zero-order chi connectivity index (χ0) is 40.7. The summed E-state index contributed by atoms with van der Waals surface area (Å²) in [7, 11) is -1.34. The van der Waals surface area contributed by atoms with E-state index in [9.17, 15) is 0 Å². The molecule has 0 aliphatic carbocycles. The Labute approximate surface area is 375 Å². The molecule has 0 saturated heterocycles. The van der Waals surface area contributed by atoms with Crippen LogP contribution in [0.2, 0.25) is 0 Å². The minimum absolute atomic E-state index is 0. The van der Waals surface area contributed by atoms with Crippen LogP contribution < -0.4 is 47.7 Å². The molecule has 0 unspecified atom stereocenters.